The molecule has 0 amide bonds. The maximum atomic E-state index is 9.89. The van der Waals surface area contributed by atoms with Crippen molar-refractivity contribution in [3.05, 3.63) is 30.6 Å². The molecule has 1 aliphatic heterocycles. The SMILES string of the molecule is OC[C@H]1O[C@@H](OCCn2cnc3ccccc32)[C@H](O)[C@@H](O)[C@H]1O. The molecule has 8 nitrogen and oxygen atoms in total. The number of aromatic nitrogens is 2. The number of hydrogen-bond donors (Lipinski definition) is 4. The molecule has 0 aliphatic carbocycles. The Hall–Kier alpha value is -1.55. The molecule has 126 valence electrons. The van der Waals surface area contributed by atoms with E-state index in [0.29, 0.717) is 6.54 Å². The maximum absolute atomic E-state index is 9.89. The van der Waals surface area contributed by atoms with Crippen LogP contribution in [-0.4, -0.2) is 73.9 Å². The van der Waals surface area contributed by atoms with E-state index in [2.05, 4.69) is 4.98 Å². The fourth-order valence-corrected chi connectivity index (χ4v) is 2.66. The number of rotatable bonds is 5. The minimum atomic E-state index is -1.43. The summed E-state index contributed by atoms with van der Waals surface area (Å²) in [6, 6.07) is 7.67. The maximum Gasteiger partial charge on any atom is 0.186 e. The van der Waals surface area contributed by atoms with Crippen molar-refractivity contribution in [2.75, 3.05) is 13.2 Å². The van der Waals surface area contributed by atoms with Gasteiger partial charge in [0.1, 0.15) is 24.4 Å². The third kappa shape index (κ3) is 3.23. The van der Waals surface area contributed by atoms with Crippen molar-refractivity contribution in [2.45, 2.75) is 37.3 Å². The molecular formula is C15H20N2O6. The van der Waals surface area contributed by atoms with Gasteiger partial charge < -0.3 is 34.5 Å². The van der Waals surface area contributed by atoms with Crippen LogP contribution in [0.15, 0.2) is 30.6 Å². The molecule has 0 radical (unpaired) electrons. The van der Waals surface area contributed by atoms with Gasteiger partial charge in [0.15, 0.2) is 6.29 Å². The summed E-state index contributed by atoms with van der Waals surface area (Å²) >= 11 is 0. The van der Waals surface area contributed by atoms with Gasteiger partial charge >= 0.3 is 0 Å². The van der Waals surface area contributed by atoms with Gasteiger partial charge in [-0.05, 0) is 12.1 Å². The van der Waals surface area contributed by atoms with Crippen LogP contribution < -0.4 is 0 Å². The molecule has 4 N–H and O–H groups in total. The first-order valence-corrected chi connectivity index (χ1v) is 7.44. The first-order valence-electron chi connectivity index (χ1n) is 7.44. The molecule has 5 atom stereocenters. The molecule has 1 aromatic carbocycles. The summed E-state index contributed by atoms with van der Waals surface area (Å²) in [5.74, 6) is 0. The molecule has 1 aliphatic rings. The molecule has 8 heteroatoms. The highest BCUT2D eigenvalue weighted by Gasteiger charge is 2.43. The Balaban J connectivity index is 1.59. The lowest BCUT2D eigenvalue weighted by Crippen LogP contribution is -2.59. The molecule has 23 heavy (non-hydrogen) atoms. The Morgan fingerprint density at radius 1 is 1.13 bits per heavy atom. The van der Waals surface area contributed by atoms with Crippen molar-refractivity contribution in [1.29, 1.82) is 0 Å². The molecule has 0 bridgehead atoms. The monoisotopic (exact) mass is 324 g/mol. The fraction of sp³-hybridized carbons (Fsp3) is 0.533. The summed E-state index contributed by atoms with van der Waals surface area (Å²) in [4.78, 5) is 4.27. The molecule has 3 rings (SSSR count). The Bertz CT molecular complexity index is 646. The number of nitrogens with zero attached hydrogens (tertiary/aromatic N) is 2. The van der Waals surface area contributed by atoms with E-state index in [-0.39, 0.29) is 6.61 Å². The minimum Gasteiger partial charge on any atom is -0.394 e. The van der Waals surface area contributed by atoms with Crippen molar-refractivity contribution >= 4 is 11.0 Å². The third-order valence-electron chi connectivity index (χ3n) is 3.99. The van der Waals surface area contributed by atoms with E-state index < -0.39 is 37.3 Å². The second-order valence-corrected chi connectivity index (χ2v) is 5.49. The largest absolute Gasteiger partial charge is 0.394 e. The Labute approximate surface area is 132 Å². The smallest absolute Gasteiger partial charge is 0.186 e. The van der Waals surface area contributed by atoms with Crippen molar-refractivity contribution in [2.24, 2.45) is 0 Å². The van der Waals surface area contributed by atoms with Crippen LogP contribution in [0.25, 0.3) is 11.0 Å². The highest BCUT2D eigenvalue weighted by molar-refractivity contribution is 5.74. The van der Waals surface area contributed by atoms with E-state index in [1.54, 1.807) is 6.33 Å². The number of aliphatic hydroxyl groups excluding tert-OH is 4. The zero-order valence-electron chi connectivity index (χ0n) is 12.4. The van der Waals surface area contributed by atoms with Gasteiger partial charge in [-0.25, -0.2) is 4.98 Å². The predicted octanol–water partition coefficient (Wildman–Crippen LogP) is -1.15. The summed E-state index contributed by atoms with van der Waals surface area (Å²) in [5, 5.41) is 38.4. The standard InChI is InChI=1S/C15H20N2O6/c18-7-11-12(19)13(20)14(21)15(23-11)22-6-5-17-8-16-9-3-1-2-4-10(9)17/h1-4,8,11-15,18-21H,5-7H2/t11-,12+,13+,14-,15-/m1/s1. The molecule has 2 aromatic rings. The Kier molecular flexibility index (Phi) is 4.90. The van der Waals surface area contributed by atoms with Crippen LogP contribution in [0.5, 0.6) is 0 Å². The molecular weight excluding hydrogens is 304 g/mol. The van der Waals surface area contributed by atoms with Crippen LogP contribution >= 0.6 is 0 Å². The molecule has 0 spiro atoms. The lowest BCUT2D eigenvalue weighted by Gasteiger charge is -2.39. The summed E-state index contributed by atoms with van der Waals surface area (Å²) in [7, 11) is 0. The van der Waals surface area contributed by atoms with Crippen molar-refractivity contribution < 1.29 is 29.9 Å². The number of aliphatic hydroxyl groups is 4. The number of ether oxygens (including phenoxy) is 2. The van der Waals surface area contributed by atoms with Gasteiger partial charge in [0.05, 0.1) is 30.6 Å². The fourth-order valence-electron chi connectivity index (χ4n) is 2.66. The summed E-state index contributed by atoms with van der Waals surface area (Å²) < 4.78 is 12.6. The van der Waals surface area contributed by atoms with Crippen LogP contribution in [-0.2, 0) is 16.0 Å². The number of benzene rings is 1. The van der Waals surface area contributed by atoms with Gasteiger partial charge in [-0.15, -0.1) is 0 Å². The average Bonchev–Trinajstić information content (AvgIpc) is 2.98. The summed E-state index contributed by atoms with van der Waals surface area (Å²) in [5.41, 5.74) is 1.84. The van der Waals surface area contributed by atoms with Crippen LogP contribution in [0.3, 0.4) is 0 Å². The van der Waals surface area contributed by atoms with E-state index >= 15 is 0 Å². The van der Waals surface area contributed by atoms with Crippen LogP contribution in [0.2, 0.25) is 0 Å². The average molecular weight is 324 g/mol. The zero-order chi connectivity index (χ0) is 16.4. The first-order chi connectivity index (χ1) is 11.1. The van der Waals surface area contributed by atoms with E-state index in [9.17, 15) is 15.3 Å². The quantitative estimate of drug-likeness (QED) is 0.549. The van der Waals surface area contributed by atoms with Crippen molar-refractivity contribution in [1.82, 2.24) is 9.55 Å². The van der Waals surface area contributed by atoms with Crippen LogP contribution in [0.4, 0.5) is 0 Å². The van der Waals surface area contributed by atoms with Gasteiger partial charge in [-0.3, -0.25) is 0 Å². The molecule has 1 fully saturated rings. The van der Waals surface area contributed by atoms with Gasteiger partial charge in [0.25, 0.3) is 0 Å². The van der Waals surface area contributed by atoms with Gasteiger partial charge in [0, 0.05) is 6.54 Å². The highest BCUT2D eigenvalue weighted by atomic mass is 16.7. The predicted molar refractivity (Wildman–Crippen MR) is 79.5 cm³/mol. The van der Waals surface area contributed by atoms with Gasteiger partial charge in [0.2, 0.25) is 0 Å². The van der Waals surface area contributed by atoms with E-state index in [4.69, 9.17) is 14.6 Å². The first kappa shape index (κ1) is 16.3. The number of hydrogen-bond acceptors (Lipinski definition) is 7. The Morgan fingerprint density at radius 2 is 1.91 bits per heavy atom. The van der Waals surface area contributed by atoms with Gasteiger partial charge in [-0.1, -0.05) is 12.1 Å². The molecule has 1 aromatic heterocycles. The second kappa shape index (κ2) is 6.91. The molecule has 0 unspecified atom stereocenters. The number of para-hydroxylation sites is 2. The number of fused-ring (bicyclic) bond motifs is 1. The van der Waals surface area contributed by atoms with Crippen LogP contribution in [0, 0.1) is 0 Å². The summed E-state index contributed by atoms with van der Waals surface area (Å²) in [6.07, 6.45) is -4.58. The highest BCUT2D eigenvalue weighted by Crippen LogP contribution is 2.22. The lowest BCUT2D eigenvalue weighted by atomic mass is 9.99. The van der Waals surface area contributed by atoms with Crippen LogP contribution in [0.1, 0.15) is 0 Å². The molecule has 2 heterocycles. The molecule has 0 saturated carbocycles. The van der Waals surface area contributed by atoms with E-state index in [1.165, 1.54) is 0 Å². The Morgan fingerprint density at radius 3 is 2.70 bits per heavy atom. The minimum absolute atomic E-state index is 0.211. The molecule has 1 saturated heterocycles. The third-order valence-corrected chi connectivity index (χ3v) is 3.99. The van der Waals surface area contributed by atoms with E-state index in [0.717, 1.165) is 11.0 Å². The number of imidazole rings is 1. The van der Waals surface area contributed by atoms with Crippen molar-refractivity contribution in [3.8, 4) is 0 Å². The van der Waals surface area contributed by atoms with E-state index in [1.807, 2.05) is 28.8 Å². The second-order valence-electron chi connectivity index (χ2n) is 5.49. The van der Waals surface area contributed by atoms with Gasteiger partial charge in [-0.2, -0.15) is 0 Å². The topological polar surface area (TPSA) is 117 Å². The van der Waals surface area contributed by atoms with Crippen molar-refractivity contribution in [3.63, 3.8) is 0 Å². The lowest BCUT2D eigenvalue weighted by molar-refractivity contribution is -0.301. The summed E-state index contributed by atoms with van der Waals surface area (Å²) in [6.45, 7) is 0.218. The normalized spacial score (nSPS) is 31.6. The zero-order valence-corrected chi connectivity index (χ0v) is 12.4.